The molecule has 0 saturated heterocycles. The molecular weight excluding hydrogens is 346 g/mol. The Balaban J connectivity index is 2.03. The first-order valence-electron chi connectivity index (χ1n) is 7.67. The number of carbonyl (C=O) groups is 2. The quantitative estimate of drug-likeness (QED) is 0.787. The van der Waals surface area contributed by atoms with Crippen molar-refractivity contribution in [3.63, 3.8) is 0 Å². The predicted molar refractivity (Wildman–Crippen MR) is 89.8 cm³/mol. The predicted octanol–water partition coefficient (Wildman–Crippen LogP) is 1.96. The monoisotopic (exact) mass is 364 g/mol. The van der Waals surface area contributed by atoms with Gasteiger partial charge in [-0.1, -0.05) is 6.07 Å². The third-order valence-corrected chi connectivity index (χ3v) is 3.52. The maximum absolute atomic E-state index is 13.4. The summed E-state index contributed by atoms with van der Waals surface area (Å²) in [5, 5.41) is 4.80. The minimum absolute atomic E-state index is 0.112. The number of hydrogen-bond donors (Lipinski definition) is 2. The fraction of sp³-hybridized carbons (Fsp3) is 0.222. The summed E-state index contributed by atoms with van der Waals surface area (Å²) in [5.74, 6) is -2.25. The molecule has 0 aromatic heterocycles. The van der Waals surface area contributed by atoms with Crippen molar-refractivity contribution >= 4 is 11.8 Å². The Labute approximate surface area is 149 Å². The Morgan fingerprint density at radius 1 is 1.04 bits per heavy atom. The Morgan fingerprint density at radius 3 is 2.27 bits per heavy atom. The molecule has 26 heavy (non-hydrogen) atoms. The van der Waals surface area contributed by atoms with Gasteiger partial charge in [0.05, 0.1) is 7.11 Å². The van der Waals surface area contributed by atoms with Crippen molar-refractivity contribution in [2.75, 3.05) is 20.8 Å². The summed E-state index contributed by atoms with van der Waals surface area (Å²) in [4.78, 5) is 24.1. The second-order valence-corrected chi connectivity index (χ2v) is 5.25. The molecule has 6 nitrogen and oxygen atoms in total. The molecule has 138 valence electrons. The lowest BCUT2D eigenvalue weighted by Crippen LogP contribution is -2.41. The SMILES string of the molecule is CNC(=O)C(NC(=O)COc1ccc(OC)cc1)c1ccc(F)c(F)c1. The Hall–Kier alpha value is -3.16. The Bertz CT molecular complexity index is 781. The van der Waals surface area contributed by atoms with Crippen LogP contribution < -0.4 is 20.1 Å². The highest BCUT2D eigenvalue weighted by Gasteiger charge is 2.23. The molecule has 0 aliphatic rings. The van der Waals surface area contributed by atoms with Gasteiger partial charge in [0, 0.05) is 7.05 Å². The number of benzene rings is 2. The molecule has 0 bridgehead atoms. The van der Waals surface area contributed by atoms with Crippen LogP contribution in [0.5, 0.6) is 11.5 Å². The molecule has 0 heterocycles. The van der Waals surface area contributed by atoms with Crippen LogP contribution in [0.1, 0.15) is 11.6 Å². The average Bonchev–Trinajstić information content (AvgIpc) is 2.66. The number of nitrogens with one attached hydrogen (secondary N) is 2. The van der Waals surface area contributed by atoms with E-state index in [1.807, 2.05) is 0 Å². The summed E-state index contributed by atoms with van der Waals surface area (Å²) >= 11 is 0. The van der Waals surface area contributed by atoms with E-state index in [1.54, 1.807) is 24.3 Å². The fourth-order valence-corrected chi connectivity index (χ4v) is 2.16. The molecule has 0 aliphatic heterocycles. The molecule has 0 fully saturated rings. The third-order valence-electron chi connectivity index (χ3n) is 3.52. The second-order valence-electron chi connectivity index (χ2n) is 5.25. The van der Waals surface area contributed by atoms with E-state index in [2.05, 4.69) is 10.6 Å². The first-order chi connectivity index (χ1) is 12.4. The zero-order valence-electron chi connectivity index (χ0n) is 14.2. The van der Waals surface area contributed by atoms with E-state index in [0.29, 0.717) is 11.5 Å². The van der Waals surface area contributed by atoms with Crippen LogP contribution in [0.2, 0.25) is 0 Å². The molecule has 2 aromatic carbocycles. The van der Waals surface area contributed by atoms with Crippen LogP contribution in [0.4, 0.5) is 8.78 Å². The maximum Gasteiger partial charge on any atom is 0.258 e. The second kappa shape index (κ2) is 8.80. The molecule has 8 heteroatoms. The van der Waals surface area contributed by atoms with Crippen LogP contribution in [-0.4, -0.2) is 32.6 Å². The number of hydrogen-bond acceptors (Lipinski definition) is 4. The topological polar surface area (TPSA) is 76.7 Å². The minimum Gasteiger partial charge on any atom is -0.497 e. The number of halogens is 2. The van der Waals surface area contributed by atoms with Crippen LogP contribution in [0.3, 0.4) is 0 Å². The lowest BCUT2D eigenvalue weighted by atomic mass is 10.1. The lowest BCUT2D eigenvalue weighted by molar-refractivity contribution is -0.129. The Kier molecular flexibility index (Phi) is 6.48. The molecule has 2 N–H and O–H groups in total. The largest absolute Gasteiger partial charge is 0.497 e. The number of likely N-dealkylation sites (N-methyl/N-ethyl adjacent to an activating group) is 1. The molecule has 1 unspecified atom stereocenters. The van der Waals surface area contributed by atoms with Crippen molar-refractivity contribution in [3.05, 3.63) is 59.7 Å². The van der Waals surface area contributed by atoms with Crippen molar-refractivity contribution in [3.8, 4) is 11.5 Å². The lowest BCUT2D eigenvalue weighted by Gasteiger charge is -2.18. The molecule has 0 saturated carbocycles. The van der Waals surface area contributed by atoms with Gasteiger partial charge in [0.25, 0.3) is 5.91 Å². The van der Waals surface area contributed by atoms with Crippen molar-refractivity contribution in [1.82, 2.24) is 10.6 Å². The zero-order valence-corrected chi connectivity index (χ0v) is 14.2. The van der Waals surface area contributed by atoms with E-state index in [1.165, 1.54) is 20.2 Å². The van der Waals surface area contributed by atoms with Gasteiger partial charge >= 0.3 is 0 Å². The van der Waals surface area contributed by atoms with E-state index in [4.69, 9.17) is 9.47 Å². The first-order valence-corrected chi connectivity index (χ1v) is 7.67. The van der Waals surface area contributed by atoms with Crippen LogP contribution in [0.25, 0.3) is 0 Å². The van der Waals surface area contributed by atoms with Gasteiger partial charge in [-0.3, -0.25) is 9.59 Å². The van der Waals surface area contributed by atoms with E-state index >= 15 is 0 Å². The summed E-state index contributed by atoms with van der Waals surface area (Å²) in [7, 11) is 2.90. The standard InChI is InChI=1S/C18H18F2N2O4/c1-21-18(24)17(11-3-8-14(19)15(20)9-11)22-16(23)10-26-13-6-4-12(25-2)5-7-13/h3-9,17H,10H2,1-2H3,(H,21,24)(H,22,23). The summed E-state index contributed by atoms with van der Waals surface area (Å²) in [5.41, 5.74) is 0.112. The van der Waals surface area contributed by atoms with Gasteiger partial charge in [0.15, 0.2) is 18.2 Å². The molecule has 0 spiro atoms. The smallest absolute Gasteiger partial charge is 0.258 e. The Morgan fingerprint density at radius 2 is 1.69 bits per heavy atom. The number of carbonyl (C=O) groups excluding carboxylic acids is 2. The van der Waals surface area contributed by atoms with Gasteiger partial charge in [-0.15, -0.1) is 0 Å². The maximum atomic E-state index is 13.4. The van der Waals surface area contributed by atoms with Crippen molar-refractivity contribution in [1.29, 1.82) is 0 Å². The van der Waals surface area contributed by atoms with Gasteiger partial charge in [0.2, 0.25) is 5.91 Å². The number of amides is 2. The molecule has 0 radical (unpaired) electrons. The number of rotatable bonds is 7. The van der Waals surface area contributed by atoms with Crippen LogP contribution in [0, 0.1) is 11.6 Å². The molecular formula is C18H18F2N2O4. The molecule has 2 rings (SSSR count). The molecule has 2 aromatic rings. The third kappa shape index (κ3) is 4.92. The normalized spacial score (nSPS) is 11.4. The van der Waals surface area contributed by atoms with Gasteiger partial charge in [-0.25, -0.2) is 8.78 Å². The van der Waals surface area contributed by atoms with E-state index in [0.717, 1.165) is 12.1 Å². The fourth-order valence-electron chi connectivity index (χ4n) is 2.16. The zero-order chi connectivity index (χ0) is 19.1. The highest BCUT2D eigenvalue weighted by atomic mass is 19.2. The van der Waals surface area contributed by atoms with Gasteiger partial charge < -0.3 is 20.1 Å². The molecule has 1 atom stereocenters. The number of methoxy groups -OCH3 is 1. The van der Waals surface area contributed by atoms with Crippen LogP contribution in [-0.2, 0) is 9.59 Å². The van der Waals surface area contributed by atoms with Crippen molar-refractivity contribution in [2.24, 2.45) is 0 Å². The highest BCUT2D eigenvalue weighted by Crippen LogP contribution is 2.18. The summed E-state index contributed by atoms with van der Waals surface area (Å²) in [6.07, 6.45) is 0. The molecule has 2 amide bonds. The summed E-state index contributed by atoms with van der Waals surface area (Å²) in [6.45, 7) is -0.358. The van der Waals surface area contributed by atoms with Crippen molar-refractivity contribution in [2.45, 2.75) is 6.04 Å². The highest BCUT2D eigenvalue weighted by molar-refractivity contribution is 5.89. The summed E-state index contributed by atoms with van der Waals surface area (Å²) < 4.78 is 36.8. The van der Waals surface area contributed by atoms with E-state index < -0.39 is 29.5 Å². The summed E-state index contributed by atoms with van der Waals surface area (Å²) in [6, 6.07) is 8.38. The number of ether oxygens (including phenoxy) is 2. The molecule has 0 aliphatic carbocycles. The minimum atomic E-state index is -1.18. The van der Waals surface area contributed by atoms with Crippen molar-refractivity contribution < 1.29 is 27.8 Å². The van der Waals surface area contributed by atoms with Gasteiger partial charge in [-0.2, -0.15) is 0 Å². The van der Waals surface area contributed by atoms with Gasteiger partial charge in [-0.05, 0) is 42.0 Å². The van der Waals surface area contributed by atoms with E-state index in [-0.39, 0.29) is 12.2 Å². The average molecular weight is 364 g/mol. The van der Waals surface area contributed by atoms with E-state index in [9.17, 15) is 18.4 Å². The van der Waals surface area contributed by atoms with Crippen LogP contribution >= 0.6 is 0 Å². The van der Waals surface area contributed by atoms with Gasteiger partial charge in [0.1, 0.15) is 17.5 Å². The van der Waals surface area contributed by atoms with Crippen LogP contribution in [0.15, 0.2) is 42.5 Å². The first kappa shape index (κ1) is 19.2.